The fraction of sp³-hybridized carbons (Fsp3) is 0.400. The van der Waals surface area contributed by atoms with Crippen LogP contribution < -0.4 is 0 Å². The van der Waals surface area contributed by atoms with Gasteiger partial charge in [0.15, 0.2) is 0 Å². The maximum atomic E-state index is 11.3. The van der Waals surface area contributed by atoms with Crippen molar-refractivity contribution in [2.45, 2.75) is 0 Å². The zero-order chi connectivity index (χ0) is 12.0. The number of ether oxygens (including phenoxy) is 2. The largest absolute Gasteiger partial charge is 0.419 e. The summed E-state index contributed by atoms with van der Waals surface area (Å²) in [6, 6.07) is 0. The van der Waals surface area contributed by atoms with Gasteiger partial charge in [-0.1, -0.05) is 13.2 Å². The van der Waals surface area contributed by atoms with E-state index in [4.69, 9.17) is 0 Å². The van der Waals surface area contributed by atoms with E-state index < -0.39 is 12.2 Å². The van der Waals surface area contributed by atoms with Gasteiger partial charge in [0.25, 0.3) is 0 Å². The summed E-state index contributed by atoms with van der Waals surface area (Å²) in [5.74, 6) is 0. The van der Waals surface area contributed by atoms with Crippen molar-refractivity contribution in [3.8, 4) is 0 Å². The average molecular weight is 226 g/mol. The lowest BCUT2D eigenvalue weighted by molar-refractivity contribution is 0.0882. The highest BCUT2D eigenvalue weighted by Gasteiger charge is 2.25. The van der Waals surface area contributed by atoms with Crippen LogP contribution in [0.2, 0.25) is 0 Å². The molecule has 0 N–H and O–H groups in total. The topological polar surface area (TPSA) is 59.1 Å². The second-order valence-electron chi connectivity index (χ2n) is 3.07. The van der Waals surface area contributed by atoms with Crippen molar-refractivity contribution in [1.29, 1.82) is 0 Å². The maximum absolute atomic E-state index is 11.3. The predicted molar refractivity (Wildman–Crippen MR) is 56.5 cm³/mol. The summed E-state index contributed by atoms with van der Waals surface area (Å²) < 4.78 is 9.25. The van der Waals surface area contributed by atoms with E-state index >= 15 is 0 Å². The minimum atomic E-state index is -0.452. The van der Waals surface area contributed by atoms with E-state index in [1.807, 2.05) is 0 Å². The van der Waals surface area contributed by atoms with Crippen molar-refractivity contribution in [3.05, 3.63) is 25.7 Å². The van der Waals surface area contributed by atoms with Crippen LogP contribution in [0.3, 0.4) is 0 Å². The van der Waals surface area contributed by atoms with Crippen LogP contribution in [-0.2, 0) is 9.47 Å². The molecule has 0 aromatic heterocycles. The van der Waals surface area contributed by atoms with Crippen molar-refractivity contribution in [1.82, 2.24) is 9.80 Å². The second-order valence-corrected chi connectivity index (χ2v) is 3.07. The fourth-order valence-electron chi connectivity index (χ4n) is 1.36. The summed E-state index contributed by atoms with van der Waals surface area (Å²) in [6.45, 7) is 8.26. The molecule has 0 aromatic carbocycles. The molecule has 1 heterocycles. The molecule has 0 radical (unpaired) electrons. The normalized spacial score (nSPS) is 15.2. The average Bonchev–Trinajstić information content (AvgIpc) is 2.30. The SMILES string of the molecule is C=COC(=O)N1CCN(C(=O)OC=C)CC1. The van der Waals surface area contributed by atoms with Gasteiger partial charge in [0.2, 0.25) is 0 Å². The molecule has 0 atom stereocenters. The zero-order valence-corrected chi connectivity index (χ0v) is 8.92. The molecule has 88 valence electrons. The molecule has 0 aromatic rings. The summed E-state index contributed by atoms with van der Waals surface area (Å²) in [5.41, 5.74) is 0. The Morgan fingerprint density at radius 3 is 1.44 bits per heavy atom. The van der Waals surface area contributed by atoms with Crippen LogP contribution >= 0.6 is 0 Å². The molecule has 0 unspecified atom stereocenters. The van der Waals surface area contributed by atoms with Gasteiger partial charge in [-0.3, -0.25) is 0 Å². The number of piperazine rings is 1. The van der Waals surface area contributed by atoms with Gasteiger partial charge >= 0.3 is 12.2 Å². The van der Waals surface area contributed by atoms with Gasteiger partial charge in [0, 0.05) is 26.2 Å². The number of hydrogen-bond donors (Lipinski definition) is 0. The minimum absolute atomic E-state index is 0.416. The van der Waals surface area contributed by atoms with Gasteiger partial charge in [-0.15, -0.1) is 0 Å². The molecule has 2 amide bonds. The Hall–Kier alpha value is -1.98. The van der Waals surface area contributed by atoms with Crippen LogP contribution in [0.1, 0.15) is 0 Å². The molecule has 0 saturated carbocycles. The van der Waals surface area contributed by atoms with Gasteiger partial charge in [-0.25, -0.2) is 9.59 Å². The number of amides is 2. The molecule has 1 aliphatic heterocycles. The van der Waals surface area contributed by atoms with E-state index in [9.17, 15) is 9.59 Å². The zero-order valence-electron chi connectivity index (χ0n) is 8.92. The Morgan fingerprint density at radius 1 is 0.875 bits per heavy atom. The Balaban J connectivity index is 2.38. The number of hydrogen-bond acceptors (Lipinski definition) is 4. The molecule has 1 aliphatic rings. The first-order valence-corrected chi connectivity index (χ1v) is 4.82. The lowest BCUT2D eigenvalue weighted by Crippen LogP contribution is -2.50. The van der Waals surface area contributed by atoms with Gasteiger partial charge in [0.1, 0.15) is 0 Å². The summed E-state index contributed by atoms with van der Waals surface area (Å²) in [4.78, 5) is 25.6. The highest BCUT2D eigenvalue weighted by molar-refractivity contribution is 5.70. The molecule has 0 aliphatic carbocycles. The smallest absolute Gasteiger partial charge is 0.414 e. The van der Waals surface area contributed by atoms with Gasteiger partial charge < -0.3 is 19.3 Å². The van der Waals surface area contributed by atoms with E-state index in [1.54, 1.807) is 0 Å². The van der Waals surface area contributed by atoms with Crippen molar-refractivity contribution in [2.24, 2.45) is 0 Å². The molecular formula is C10H14N2O4. The van der Waals surface area contributed by atoms with Crippen LogP contribution in [0.5, 0.6) is 0 Å². The number of carbonyl (C=O) groups excluding carboxylic acids is 2. The fourth-order valence-corrected chi connectivity index (χ4v) is 1.36. The molecule has 6 nitrogen and oxygen atoms in total. The Bertz CT molecular complexity index is 265. The van der Waals surface area contributed by atoms with Gasteiger partial charge in [-0.2, -0.15) is 0 Å². The highest BCUT2D eigenvalue weighted by Crippen LogP contribution is 2.05. The third kappa shape index (κ3) is 3.01. The first kappa shape index (κ1) is 12.1. The number of rotatable bonds is 2. The van der Waals surface area contributed by atoms with E-state index in [-0.39, 0.29) is 0 Å². The third-order valence-corrected chi connectivity index (χ3v) is 2.16. The van der Waals surface area contributed by atoms with E-state index in [0.717, 1.165) is 12.5 Å². The summed E-state index contributed by atoms with van der Waals surface area (Å²) in [7, 11) is 0. The van der Waals surface area contributed by atoms with E-state index in [2.05, 4.69) is 22.6 Å². The van der Waals surface area contributed by atoms with Crippen molar-refractivity contribution >= 4 is 12.2 Å². The quantitative estimate of drug-likeness (QED) is 0.663. The molecule has 6 heteroatoms. The van der Waals surface area contributed by atoms with E-state index in [0.29, 0.717) is 26.2 Å². The lowest BCUT2D eigenvalue weighted by atomic mass is 10.3. The first-order valence-electron chi connectivity index (χ1n) is 4.82. The molecule has 1 fully saturated rings. The van der Waals surface area contributed by atoms with E-state index in [1.165, 1.54) is 9.80 Å². The third-order valence-electron chi connectivity index (χ3n) is 2.16. The Kier molecular flexibility index (Phi) is 4.38. The molecule has 16 heavy (non-hydrogen) atoms. The van der Waals surface area contributed by atoms with Gasteiger partial charge in [0.05, 0.1) is 12.5 Å². The number of nitrogens with zero attached hydrogens (tertiary/aromatic N) is 2. The van der Waals surface area contributed by atoms with Crippen LogP contribution in [0.4, 0.5) is 9.59 Å². The lowest BCUT2D eigenvalue weighted by Gasteiger charge is -2.32. The summed E-state index contributed by atoms with van der Waals surface area (Å²) in [5, 5.41) is 0. The molecule has 1 rings (SSSR count). The molecule has 0 bridgehead atoms. The minimum Gasteiger partial charge on any atom is -0.419 e. The monoisotopic (exact) mass is 226 g/mol. The number of carbonyl (C=O) groups is 2. The second kappa shape index (κ2) is 5.79. The molecule has 1 saturated heterocycles. The van der Waals surface area contributed by atoms with Crippen molar-refractivity contribution in [2.75, 3.05) is 26.2 Å². The van der Waals surface area contributed by atoms with Crippen LogP contribution in [0.25, 0.3) is 0 Å². The summed E-state index contributed by atoms with van der Waals surface area (Å²) >= 11 is 0. The Morgan fingerprint density at radius 2 is 1.19 bits per heavy atom. The van der Waals surface area contributed by atoms with Crippen LogP contribution in [0, 0.1) is 0 Å². The predicted octanol–water partition coefficient (Wildman–Crippen LogP) is 1.16. The van der Waals surface area contributed by atoms with Crippen molar-refractivity contribution < 1.29 is 19.1 Å². The van der Waals surface area contributed by atoms with Crippen LogP contribution in [-0.4, -0.2) is 48.2 Å². The molecule has 0 spiro atoms. The maximum Gasteiger partial charge on any atom is 0.414 e. The molecular weight excluding hydrogens is 212 g/mol. The van der Waals surface area contributed by atoms with Crippen molar-refractivity contribution in [3.63, 3.8) is 0 Å². The highest BCUT2D eigenvalue weighted by atomic mass is 16.6. The van der Waals surface area contributed by atoms with Crippen LogP contribution in [0.15, 0.2) is 25.7 Å². The first-order chi connectivity index (χ1) is 7.69. The standard InChI is InChI=1S/C10H14N2O4/c1-3-15-9(13)11-5-7-12(8-6-11)10(14)16-4-2/h3-4H,1-2,5-8H2. The Labute approximate surface area is 93.7 Å². The summed E-state index contributed by atoms with van der Waals surface area (Å²) in [6.07, 6.45) is 1.26. The van der Waals surface area contributed by atoms with Gasteiger partial charge in [-0.05, 0) is 0 Å².